The number of rotatable bonds is 5. The first-order valence-corrected chi connectivity index (χ1v) is 8.85. The molecule has 6 heteroatoms. The Morgan fingerprint density at radius 2 is 2.04 bits per heavy atom. The molecule has 1 aromatic heterocycles. The van der Waals surface area contributed by atoms with Gasteiger partial charge >= 0.3 is 0 Å². The smallest absolute Gasteiger partial charge is 0.252 e. The molecule has 0 unspecified atom stereocenters. The van der Waals surface area contributed by atoms with Crippen molar-refractivity contribution in [3.05, 3.63) is 23.9 Å². The van der Waals surface area contributed by atoms with E-state index in [9.17, 15) is 4.79 Å². The molecule has 2 heterocycles. The van der Waals surface area contributed by atoms with Gasteiger partial charge in [-0.15, -0.1) is 0 Å². The second kappa shape index (κ2) is 7.94. The molecular formula is C18H27N3O3. The summed E-state index contributed by atoms with van der Waals surface area (Å²) in [5.41, 5.74) is 0.654. The normalized spacial score (nSPS) is 21.2. The number of carbonyl (C=O) groups is 1. The maximum atomic E-state index is 12.5. The molecular weight excluding hydrogens is 306 g/mol. The minimum atomic E-state index is -0.0663. The van der Waals surface area contributed by atoms with Gasteiger partial charge in [-0.1, -0.05) is 19.3 Å². The summed E-state index contributed by atoms with van der Waals surface area (Å²) < 4.78 is 10.5. The monoisotopic (exact) mass is 333 g/mol. The SMILES string of the molecule is COc1ccc(C(=O)NCC2(N3CCOCC3)CCCCC2)cn1. The molecule has 3 rings (SSSR count). The van der Waals surface area contributed by atoms with Gasteiger partial charge in [-0.3, -0.25) is 9.69 Å². The fraction of sp³-hybridized carbons (Fsp3) is 0.667. The largest absolute Gasteiger partial charge is 0.481 e. The lowest BCUT2D eigenvalue weighted by molar-refractivity contribution is -0.0361. The van der Waals surface area contributed by atoms with Gasteiger partial charge in [0.25, 0.3) is 5.91 Å². The summed E-state index contributed by atoms with van der Waals surface area (Å²) in [4.78, 5) is 19.1. The van der Waals surface area contributed by atoms with E-state index in [4.69, 9.17) is 9.47 Å². The molecule has 0 bridgehead atoms. The van der Waals surface area contributed by atoms with E-state index in [0.717, 1.165) is 39.1 Å². The van der Waals surface area contributed by atoms with Gasteiger partial charge in [-0.25, -0.2) is 4.98 Å². The van der Waals surface area contributed by atoms with Crippen molar-refractivity contribution in [2.75, 3.05) is 40.0 Å². The fourth-order valence-corrected chi connectivity index (χ4v) is 3.83. The Morgan fingerprint density at radius 3 is 2.67 bits per heavy atom. The third kappa shape index (κ3) is 3.87. The molecule has 0 radical (unpaired) electrons. The van der Waals surface area contributed by atoms with Crippen LogP contribution in [0.4, 0.5) is 0 Å². The number of pyridine rings is 1. The highest BCUT2D eigenvalue weighted by Crippen LogP contribution is 2.33. The molecule has 0 atom stereocenters. The van der Waals surface area contributed by atoms with E-state index >= 15 is 0 Å². The van der Waals surface area contributed by atoms with Crippen LogP contribution >= 0.6 is 0 Å². The summed E-state index contributed by atoms with van der Waals surface area (Å²) in [6.07, 6.45) is 7.62. The van der Waals surface area contributed by atoms with Gasteiger partial charge in [-0.2, -0.15) is 0 Å². The van der Waals surface area contributed by atoms with Crippen LogP contribution in [-0.4, -0.2) is 61.3 Å². The average molecular weight is 333 g/mol. The first kappa shape index (κ1) is 17.2. The topological polar surface area (TPSA) is 63.7 Å². The number of ether oxygens (including phenoxy) is 2. The van der Waals surface area contributed by atoms with Crippen molar-refractivity contribution < 1.29 is 14.3 Å². The van der Waals surface area contributed by atoms with Gasteiger partial charge in [0.05, 0.1) is 25.9 Å². The van der Waals surface area contributed by atoms with E-state index in [0.29, 0.717) is 18.0 Å². The van der Waals surface area contributed by atoms with Crippen molar-refractivity contribution in [3.8, 4) is 5.88 Å². The lowest BCUT2D eigenvalue weighted by Gasteiger charge is -2.48. The summed E-state index contributed by atoms with van der Waals surface area (Å²) >= 11 is 0. The summed E-state index contributed by atoms with van der Waals surface area (Å²) in [7, 11) is 1.57. The number of nitrogens with one attached hydrogen (secondary N) is 1. The zero-order valence-corrected chi connectivity index (χ0v) is 14.4. The van der Waals surface area contributed by atoms with Gasteiger partial charge in [0.2, 0.25) is 5.88 Å². The van der Waals surface area contributed by atoms with Crippen molar-refractivity contribution >= 4 is 5.91 Å². The molecule has 1 aromatic rings. The maximum absolute atomic E-state index is 12.5. The van der Waals surface area contributed by atoms with E-state index < -0.39 is 0 Å². The molecule has 2 fully saturated rings. The Labute approximate surface area is 143 Å². The first-order valence-electron chi connectivity index (χ1n) is 8.85. The quantitative estimate of drug-likeness (QED) is 0.891. The third-order valence-electron chi connectivity index (χ3n) is 5.25. The Hall–Kier alpha value is -1.66. The Balaban J connectivity index is 1.64. The van der Waals surface area contributed by atoms with E-state index in [1.807, 2.05) is 0 Å². The predicted molar refractivity (Wildman–Crippen MR) is 91.3 cm³/mol. The van der Waals surface area contributed by atoms with Crippen LogP contribution in [0.1, 0.15) is 42.5 Å². The summed E-state index contributed by atoms with van der Waals surface area (Å²) in [5, 5.41) is 3.14. The zero-order valence-electron chi connectivity index (χ0n) is 14.4. The number of morpholine rings is 1. The van der Waals surface area contributed by atoms with Crippen LogP contribution in [0.5, 0.6) is 5.88 Å². The molecule has 0 spiro atoms. The van der Waals surface area contributed by atoms with Crippen molar-refractivity contribution in [2.45, 2.75) is 37.6 Å². The number of nitrogens with zero attached hydrogens (tertiary/aromatic N) is 2. The molecule has 1 aliphatic carbocycles. The number of amides is 1. The number of hydrogen-bond acceptors (Lipinski definition) is 5. The fourth-order valence-electron chi connectivity index (χ4n) is 3.83. The van der Waals surface area contributed by atoms with Gasteiger partial charge < -0.3 is 14.8 Å². The van der Waals surface area contributed by atoms with Gasteiger partial charge in [0, 0.05) is 37.4 Å². The van der Waals surface area contributed by atoms with Crippen molar-refractivity contribution in [2.24, 2.45) is 0 Å². The first-order chi connectivity index (χ1) is 11.7. The molecule has 1 N–H and O–H groups in total. The molecule has 132 valence electrons. The summed E-state index contributed by atoms with van der Waals surface area (Å²) in [5.74, 6) is 0.451. The third-order valence-corrected chi connectivity index (χ3v) is 5.25. The maximum Gasteiger partial charge on any atom is 0.252 e. The molecule has 2 aliphatic rings. The highest BCUT2D eigenvalue weighted by atomic mass is 16.5. The van der Waals surface area contributed by atoms with Crippen LogP contribution < -0.4 is 10.1 Å². The molecule has 1 saturated heterocycles. The number of carbonyl (C=O) groups excluding carboxylic acids is 1. The zero-order chi connectivity index (χ0) is 16.8. The Kier molecular flexibility index (Phi) is 5.68. The predicted octanol–water partition coefficient (Wildman–Crippen LogP) is 1.86. The minimum absolute atomic E-state index is 0.0663. The number of hydrogen-bond donors (Lipinski definition) is 1. The molecule has 1 aliphatic heterocycles. The minimum Gasteiger partial charge on any atom is -0.481 e. The molecule has 1 saturated carbocycles. The van der Waals surface area contributed by atoms with Crippen LogP contribution in [-0.2, 0) is 4.74 Å². The lowest BCUT2D eigenvalue weighted by atomic mass is 9.79. The number of methoxy groups -OCH3 is 1. The van der Waals surface area contributed by atoms with Crippen molar-refractivity contribution in [3.63, 3.8) is 0 Å². The van der Waals surface area contributed by atoms with E-state index in [-0.39, 0.29) is 11.4 Å². The molecule has 24 heavy (non-hydrogen) atoms. The average Bonchev–Trinajstić information content (AvgIpc) is 2.67. The van der Waals surface area contributed by atoms with Crippen LogP contribution in [0.15, 0.2) is 18.3 Å². The van der Waals surface area contributed by atoms with Crippen molar-refractivity contribution in [1.29, 1.82) is 0 Å². The highest BCUT2D eigenvalue weighted by Gasteiger charge is 2.38. The van der Waals surface area contributed by atoms with Crippen molar-refractivity contribution in [1.82, 2.24) is 15.2 Å². The Bertz CT molecular complexity index is 535. The summed E-state index contributed by atoms with van der Waals surface area (Å²) in [6, 6.07) is 3.47. The standard InChI is InChI=1S/C18H27N3O3/c1-23-16-6-5-15(13-19-16)17(22)20-14-18(7-3-2-4-8-18)21-9-11-24-12-10-21/h5-6,13H,2-4,7-12,14H2,1H3,(H,20,22). The lowest BCUT2D eigenvalue weighted by Crippen LogP contribution is -2.59. The molecule has 6 nitrogen and oxygen atoms in total. The highest BCUT2D eigenvalue weighted by molar-refractivity contribution is 5.93. The van der Waals surface area contributed by atoms with Gasteiger partial charge in [0.1, 0.15) is 0 Å². The summed E-state index contributed by atoms with van der Waals surface area (Å²) in [6.45, 7) is 4.19. The van der Waals surface area contributed by atoms with Crippen LogP contribution in [0.25, 0.3) is 0 Å². The van der Waals surface area contributed by atoms with Crippen LogP contribution in [0.3, 0.4) is 0 Å². The van der Waals surface area contributed by atoms with E-state index in [1.54, 1.807) is 25.4 Å². The molecule has 0 aromatic carbocycles. The Morgan fingerprint density at radius 1 is 1.29 bits per heavy atom. The number of aromatic nitrogens is 1. The molecule has 1 amide bonds. The van der Waals surface area contributed by atoms with Crippen LogP contribution in [0, 0.1) is 0 Å². The van der Waals surface area contributed by atoms with E-state index in [1.165, 1.54) is 19.3 Å². The van der Waals surface area contributed by atoms with Gasteiger partial charge in [-0.05, 0) is 18.9 Å². The van der Waals surface area contributed by atoms with Gasteiger partial charge in [0.15, 0.2) is 0 Å². The van der Waals surface area contributed by atoms with E-state index in [2.05, 4.69) is 15.2 Å². The second-order valence-electron chi connectivity index (χ2n) is 6.66. The van der Waals surface area contributed by atoms with Crippen LogP contribution in [0.2, 0.25) is 0 Å². The second-order valence-corrected chi connectivity index (χ2v) is 6.66.